The minimum absolute atomic E-state index is 0.0309. The molecule has 1 aromatic heterocycles. The Morgan fingerprint density at radius 1 is 1.23 bits per heavy atom. The SMILES string of the molecule is CS(=O)(=O)N1CCN(Cc2nc(-c3ccccc3OC(F)F)no2)CC1. The largest absolute Gasteiger partial charge is 0.434 e. The van der Waals surface area contributed by atoms with Gasteiger partial charge in [0.1, 0.15) is 5.75 Å². The van der Waals surface area contributed by atoms with Crippen LogP contribution in [0.2, 0.25) is 0 Å². The number of rotatable bonds is 6. The molecule has 0 bridgehead atoms. The molecule has 26 heavy (non-hydrogen) atoms. The first kappa shape index (κ1) is 18.7. The van der Waals surface area contributed by atoms with Gasteiger partial charge in [-0.1, -0.05) is 17.3 Å². The highest BCUT2D eigenvalue weighted by Crippen LogP contribution is 2.29. The monoisotopic (exact) mass is 388 g/mol. The van der Waals surface area contributed by atoms with Crippen molar-refractivity contribution in [3.63, 3.8) is 0 Å². The molecule has 142 valence electrons. The third-order valence-electron chi connectivity index (χ3n) is 3.97. The standard InChI is InChI=1S/C15H18F2N4O4S/c1-26(22,23)21-8-6-20(7-9-21)10-13-18-14(19-25-13)11-4-2-3-5-12(11)24-15(16)17/h2-5,15H,6-10H2,1H3. The average molecular weight is 388 g/mol. The van der Waals surface area contributed by atoms with E-state index >= 15 is 0 Å². The van der Waals surface area contributed by atoms with Crippen molar-refractivity contribution in [1.29, 1.82) is 0 Å². The fourth-order valence-electron chi connectivity index (χ4n) is 2.69. The van der Waals surface area contributed by atoms with Gasteiger partial charge in [-0.15, -0.1) is 0 Å². The quantitative estimate of drug-likeness (QED) is 0.739. The van der Waals surface area contributed by atoms with E-state index in [9.17, 15) is 17.2 Å². The Kier molecular flexibility index (Phi) is 5.49. The summed E-state index contributed by atoms with van der Waals surface area (Å²) in [6, 6.07) is 6.21. The van der Waals surface area contributed by atoms with Crippen LogP contribution in [0, 0.1) is 0 Å². The van der Waals surface area contributed by atoms with Gasteiger partial charge in [-0.25, -0.2) is 8.42 Å². The van der Waals surface area contributed by atoms with Crippen molar-refractivity contribution in [2.24, 2.45) is 0 Å². The summed E-state index contributed by atoms with van der Waals surface area (Å²) in [5, 5.41) is 3.83. The van der Waals surface area contributed by atoms with Crippen LogP contribution >= 0.6 is 0 Å². The maximum absolute atomic E-state index is 12.5. The first-order valence-electron chi connectivity index (χ1n) is 7.87. The maximum Gasteiger partial charge on any atom is 0.387 e. The number of nitrogens with zero attached hydrogens (tertiary/aromatic N) is 4. The number of sulfonamides is 1. The molecule has 0 aliphatic carbocycles. The lowest BCUT2D eigenvalue weighted by molar-refractivity contribution is -0.0494. The van der Waals surface area contributed by atoms with E-state index in [1.54, 1.807) is 18.2 Å². The number of benzene rings is 1. The van der Waals surface area contributed by atoms with E-state index in [0.717, 1.165) is 0 Å². The fourth-order valence-corrected chi connectivity index (χ4v) is 3.52. The summed E-state index contributed by atoms with van der Waals surface area (Å²) in [5.41, 5.74) is 0.310. The molecule has 8 nitrogen and oxygen atoms in total. The van der Waals surface area contributed by atoms with Crippen molar-refractivity contribution >= 4 is 10.0 Å². The Balaban J connectivity index is 1.66. The van der Waals surface area contributed by atoms with E-state index in [0.29, 0.717) is 44.2 Å². The minimum atomic E-state index is -3.19. The molecule has 2 heterocycles. The summed E-state index contributed by atoms with van der Waals surface area (Å²) in [5.74, 6) is 0.447. The lowest BCUT2D eigenvalue weighted by Gasteiger charge is -2.32. The summed E-state index contributed by atoms with van der Waals surface area (Å²) in [6.45, 7) is -0.738. The van der Waals surface area contributed by atoms with Gasteiger partial charge in [0.25, 0.3) is 0 Å². The molecule has 0 N–H and O–H groups in total. The highest BCUT2D eigenvalue weighted by atomic mass is 32.2. The number of piperazine rings is 1. The summed E-state index contributed by atoms with van der Waals surface area (Å²) in [4.78, 5) is 6.22. The fraction of sp³-hybridized carbons (Fsp3) is 0.467. The molecule has 1 fully saturated rings. The summed E-state index contributed by atoms with van der Waals surface area (Å²) < 4.78 is 59.1. The minimum Gasteiger partial charge on any atom is -0.434 e. The van der Waals surface area contributed by atoms with E-state index in [-0.39, 0.29) is 11.6 Å². The zero-order valence-corrected chi connectivity index (χ0v) is 14.8. The van der Waals surface area contributed by atoms with Crippen molar-refractivity contribution in [1.82, 2.24) is 19.3 Å². The van der Waals surface area contributed by atoms with Gasteiger partial charge in [0.15, 0.2) is 0 Å². The zero-order chi connectivity index (χ0) is 18.7. The van der Waals surface area contributed by atoms with Crippen LogP contribution in [0.1, 0.15) is 5.89 Å². The van der Waals surface area contributed by atoms with Gasteiger partial charge < -0.3 is 9.26 Å². The predicted octanol–water partition coefficient (Wildman–Crippen LogP) is 1.42. The van der Waals surface area contributed by atoms with Gasteiger partial charge >= 0.3 is 6.61 Å². The van der Waals surface area contributed by atoms with Crippen LogP contribution in [0.3, 0.4) is 0 Å². The molecule has 11 heteroatoms. The van der Waals surface area contributed by atoms with Crippen LogP contribution in [0.25, 0.3) is 11.4 Å². The van der Waals surface area contributed by atoms with Gasteiger partial charge in [0, 0.05) is 26.2 Å². The van der Waals surface area contributed by atoms with Gasteiger partial charge in [0.05, 0.1) is 18.4 Å². The highest BCUT2D eigenvalue weighted by molar-refractivity contribution is 7.88. The average Bonchev–Trinajstić information content (AvgIpc) is 3.03. The molecule has 0 amide bonds. The van der Waals surface area contributed by atoms with Gasteiger partial charge in [-0.05, 0) is 12.1 Å². The van der Waals surface area contributed by atoms with Crippen LogP contribution in [-0.4, -0.2) is 66.8 Å². The Morgan fingerprint density at radius 3 is 2.58 bits per heavy atom. The number of alkyl halides is 2. The molecule has 1 aliphatic rings. The topological polar surface area (TPSA) is 88.8 Å². The molecule has 2 aromatic rings. The molecule has 0 spiro atoms. The second-order valence-electron chi connectivity index (χ2n) is 5.82. The number of hydrogen-bond acceptors (Lipinski definition) is 7. The van der Waals surface area contributed by atoms with Gasteiger partial charge in [0.2, 0.25) is 21.7 Å². The molecular formula is C15H18F2N4O4S. The van der Waals surface area contributed by atoms with Crippen molar-refractivity contribution in [3.8, 4) is 17.1 Å². The molecule has 1 aromatic carbocycles. The summed E-state index contributed by atoms with van der Waals surface area (Å²) in [6.07, 6.45) is 1.19. The molecule has 1 saturated heterocycles. The van der Waals surface area contributed by atoms with Crippen molar-refractivity contribution in [2.45, 2.75) is 13.2 Å². The number of ether oxygens (including phenoxy) is 1. The molecule has 0 unspecified atom stereocenters. The molecular weight excluding hydrogens is 370 g/mol. The third-order valence-corrected chi connectivity index (χ3v) is 5.27. The Bertz CT molecular complexity index is 851. The van der Waals surface area contributed by atoms with E-state index in [1.807, 2.05) is 4.90 Å². The molecule has 0 radical (unpaired) electrons. The maximum atomic E-state index is 12.5. The molecule has 1 aliphatic heterocycles. The number of para-hydroxylation sites is 1. The van der Waals surface area contributed by atoms with Crippen molar-refractivity contribution in [2.75, 3.05) is 32.4 Å². The van der Waals surface area contributed by atoms with Crippen molar-refractivity contribution < 1.29 is 26.5 Å². The van der Waals surface area contributed by atoms with Crippen LogP contribution in [0.15, 0.2) is 28.8 Å². The highest BCUT2D eigenvalue weighted by Gasteiger charge is 2.25. The van der Waals surface area contributed by atoms with Crippen LogP contribution in [0.4, 0.5) is 8.78 Å². The van der Waals surface area contributed by atoms with Crippen LogP contribution in [-0.2, 0) is 16.6 Å². The van der Waals surface area contributed by atoms with Crippen LogP contribution in [0.5, 0.6) is 5.75 Å². The number of halogens is 2. The number of hydrogen-bond donors (Lipinski definition) is 0. The normalized spacial score (nSPS) is 16.9. The Hall–Kier alpha value is -2.11. The smallest absolute Gasteiger partial charge is 0.387 e. The summed E-state index contributed by atoms with van der Waals surface area (Å²) >= 11 is 0. The number of aromatic nitrogens is 2. The molecule has 0 atom stereocenters. The van der Waals surface area contributed by atoms with Crippen molar-refractivity contribution in [3.05, 3.63) is 30.2 Å². The lowest BCUT2D eigenvalue weighted by Crippen LogP contribution is -2.47. The first-order chi connectivity index (χ1) is 12.3. The van der Waals surface area contributed by atoms with E-state index in [1.165, 1.54) is 16.6 Å². The van der Waals surface area contributed by atoms with E-state index in [4.69, 9.17) is 4.52 Å². The third kappa shape index (κ3) is 4.54. The van der Waals surface area contributed by atoms with Gasteiger partial charge in [-0.2, -0.15) is 18.1 Å². The zero-order valence-electron chi connectivity index (χ0n) is 14.0. The second-order valence-corrected chi connectivity index (χ2v) is 7.81. The molecule has 0 saturated carbocycles. The van der Waals surface area contributed by atoms with Crippen LogP contribution < -0.4 is 4.74 Å². The molecule has 3 rings (SSSR count). The second kappa shape index (κ2) is 7.64. The Labute approximate surface area is 149 Å². The Morgan fingerprint density at radius 2 is 1.92 bits per heavy atom. The van der Waals surface area contributed by atoms with Gasteiger partial charge in [-0.3, -0.25) is 4.90 Å². The first-order valence-corrected chi connectivity index (χ1v) is 9.72. The summed E-state index contributed by atoms with van der Waals surface area (Å²) in [7, 11) is -3.19. The van der Waals surface area contributed by atoms with E-state index in [2.05, 4.69) is 14.9 Å². The lowest BCUT2D eigenvalue weighted by atomic mass is 10.2. The predicted molar refractivity (Wildman–Crippen MR) is 88.1 cm³/mol. The van der Waals surface area contributed by atoms with E-state index < -0.39 is 16.6 Å².